The van der Waals surface area contributed by atoms with Crippen molar-refractivity contribution in [3.8, 4) is 11.3 Å². The second-order valence-electron chi connectivity index (χ2n) is 8.51. The SMILES string of the molecule is Cc1onc(-c2ccccc2)c1C(=O)N[C@]1(C)C(=O)N2[C@@H](C(=O)O)C(C)(C)S[C@@]21C. The lowest BCUT2D eigenvalue weighted by molar-refractivity contribution is -0.174. The van der Waals surface area contributed by atoms with Gasteiger partial charge in [0.15, 0.2) is 0 Å². The second-order valence-corrected chi connectivity index (χ2v) is 10.6. The fourth-order valence-electron chi connectivity index (χ4n) is 4.51. The fourth-order valence-corrected chi connectivity index (χ4v) is 6.49. The van der Waals surface area contributed by atoms with Gasteiger partial charge in [-0.1, -0.05) is 35.5 Å². The van der Waals surface area contributed by atoms with Crippen LogP contribution in [0.3, 0.4) is 0 Å². The lowest BCUT2D eigenvalue weighted by atomic mass is 9.78. The van der Waals surface area contributed by atoms with Crippen LogP contribution in [0, 0.1) is 6.92 Å². The molecule has 0 spiro atoms. The van der Waals surface area contributed by atoms with E-state index in [4.69, 9.17) is 4.52 Å². The number of carbonyl (C=O) groups is 3. The number of aryl methyl sites for hydroxylation is 1. The summed E-state index contributed by atoms with van der Waals surface area (Å²) >= 11 is 1.38. The van der Waals surface area contributed by atoms with Crippen LogP contribution in [0.15, 0.2) is 34.9 Å². The van der Waals surface area contributed by atoms with Crippen LogP contribution in [0.2, 0.25) is 0 Å². The summed E-state index contributed by atoms with van der Waals surface area (Å²) in [5, 5.41) is 16.6. The first-order chi connectivity index (χ1) is 13.9. The second kappa shape index (κ2) is 6.34. The highest BCUT2D eigenvalue weighted by Crippen LogP contribution is 2.62. The van der Waals surface area contributed by atoms with E-state index in [1.807, 2.05) is 30.3 Å². The van der Waals surface area contributed by atoms with Gasteiger partial charge in [0, 0.05) is 10.3 Å². The number of nitrogens with zero attached hydrogens (tertiary/aromatic N) is 2. The van der Waals surface area contributed by atoms with Crippen molar-refractivity contribution in [3.05, 3.63) is 41.7 Å². The van der Waals surface area contributed by atoms with Gasteiger partial charge in [0.1, 0.15) is 33.5 Å². The molecule has 0 aliphatic carbocycles. The topological polar surface area (TPSA) is 113 Å². The van der Waals surface area contributed by atoms with Crippen LogP contribution in [-0.2, 0) is 9.59 Å². The first-order valence-corrected chi connectivity index (χ1v) is 10.4. The van der Waals surface area contributed by atoms with Crippen LogP contribution in [0.5, 0.6) is 0 Å². The van der Waals surface area contributed by atoms with E-state index in [1.54, 1.807) is 34.6 Å². The maximum Gasteiger partial charge on any atom is 0.327 e. The summed E-state index contributed by atoms with van der Waals surface area (Å²) in [6, 6.07) is 8.19. The maximum atomic E-state index is 13.3. The number of fused-ring (bicyclic) bond motifs is 1. The normalized spacial score (nSPS) is 29.3. The summed E-state index contributed by atoms with van der Waals surface area (Å²) in [4.78, 5) is 38.7. The van der Waals surface area contributed by atoms with E-state index in [2.05, 4.69) is 10.5 Å². The molecule has 0 bridgehead atoms. The van der Waals surface area contributed by atoms with Crippen LogP contribution in [0.1, 0.15) is 43.8 Å². The van der Waals surface area contributed by atoms with E-state index >= 15 is 0 Å². The number of benzene rings is 1. The third-order valence-electron chi connectivity index (χ3n) is 6.15. The van der Waals surface area contributed by atoms with E-state index < -0.39 is 39.0 Å². The quantitative estimate of drug-likeness (QED) is 0.719. The van der Waals surface area contributed by atoms with Gasteiger partial charge in [-0.3, -0.25) is 9.59 Å². The number of nitrogens with one attached hydrogen (secondary N) is 1. The predicted molar refractivity (Wildman–Crippen MR) is 111 cm³/mol. The Hall–Kier alpha value is -2.81. The molecule has 0 unspecified atom stereocenters. The van der Waals surface area contributed by atoms with E-state index in [0.717, 1.165) is 5.56 Å². The molecule has 4 rings (SSSR count). The van der Waals surface area contributed by atoms with Crippen molar-refractivity contribution in [1.82, 2.24) is 15.4 Å². The van der Waals surface area contributed by atoms with Crippen molar-refractivity contribution in [2.45, 2.75) is 55.8 Å². The van der Waals surface area contributed by atoms with Crippen LogP contribution in [-0.4, -0.2) is 54.1 Å². The van der Waals surface area contributed by atoms with Gasteiger partial charge in [0.05, 0.1) is 0 Å². The van der Waals surface area contributed by atoms with Gasteiger partial charge in [-0.25, -0.2) is 4.79 Å². The van der Waals surface area contributed by atoms with Gasteiger partial charge in [-0.05, 0) is 34.6 Å². The van der Waals surface area contributed by atoms with E-state index in [-0.39, 0.29) is 5.56 Å². The molecular formula is C21H23N3O5S. The third-order valence-corrected chi connectivity index (χ3v) is 7.90. The molecule has 2 saturated heterocycles. The highest BCUT2D eigenvalue weighted by Gasteiger charge is 2.77. The first kappa shape index (κ1) is 20.5. The van der Waals surface area contributed by atoms with Crippen molar-refractivity contribution in [1.29, 1.82) is 0 Å². The first-order valence-electron chi connectivity index (χ1n) is 9.55. The summed E-state index contributed by atoms with van der Waals surface area (Å²) in [7, 11) is 0. The summed E-state index contributed by atoms with van der Waals surface area (Å²) in [6.07, 6.45) is 0. The van der Waals surface area contributed by atoms with Gasteiger partial charge in [-0.2, -0.15) is 0 Å². The molecule has 2 N–H and O–H groups in total. The number of aromatic nitrogens is 1. The number of carboxylic acid groups (broad SMARTS) is 1. The molecule has 1 aromatic heterocycles. The van der Waals surface area contributed by atoms with Crippen molar-refractivity contribution in [3.63, 3.8) is 0 Å². The molecule has 158 valence electrons. The minimum absolute atomic E-state index is 0.259. The average molecular weight is 429 g/mol. The van der Waals surface area contributed by atoms with Crippen LogP contribution in [0.25, 0.3) is 11.3 Å². The Labute approximate surface area is 178 Å². The lowest BCUT2D eigenvalue weighted by Crippen LogP contribution is -2.84. The zero-order chi connectivity index (χ0) is 22.1. The minimum atomic E-state index is -1.27. The van der Waals surface area contributed by atoms with Crippen molar-refractivity contribution < 1.29 is 24.0 Å². The van der Waals surface area contributed by atoms with E-state index in [1.165, 1.54) is 16.7 Å². The average Bonchev–Trinajstić information content (AvgIpc) is 3.15. The third kappa shape index (κ3) is 2.54. The smallest absolute Gasteiger partial charge is 0.327 e. The van der Waals surface area contributed by atoms with Gasteiger partial charge in [-0.15, -0.1) is 11.8 Å². The predicted octanol–water partition coefficient (Wildman–Crippen LogP) is 2.68. The molecule has 2 amide bonds. The molecule has 2 fully saturated rings. The largest absolute Gasteiger partial charge is 0.480 e. The molecule has 0 saturated carbocycles. The van der Waals surface area contributed by atoms with E-state index in [9.17, 15) is 19.5 Å². The Morgan fingerprint density at radius 2 is 1.83 bits per heavy atom. The fraction of sp³-hybridized carbons (Fsp3) is 0.429. The number of hydrogen-bond acceptors (Lipinski definition) is 6. The molecule has 3 atom stereocenters. The Bertz CT molecular complexity index is 1070. The molecule has 9 heteroatoms. The van der Waals surface area contributed by atoms with Gasteiger partial charge in [0.25, 0.3) is 11.8 Å². The number of β-lactam (4-membered cyclic amide) rings is 1. The summed E-state index contributed by atoms with van der Waals surface area (Å²) in [5.41, 5.74) is 0.105. The molecule has 8 nitrogen and oxygen atoms in total. The van der Waals surface area contributed by atoms with Crippen molar-refractivity contribution in [2.75, 3.05) is 0 Å². The highest BCUT2D eigenvalue weighted by atomic mass is 32.2. The number of hydrogen-bond donors (Lipinski definition) is 2. The monoisotopic (exact) mass is 429 g/mol. The highest BCUT2D eigenvalue weighted by molar-refractivity contribution is 8.02. The van der Waals surface area contributed by atoms with Gasteiger partial charge in [0.2, 0.25) is 0 Å². The number of carboxylic acids is 1. The standard InChI is InChI=1S/C21H23N3O5S/c1-11-13(14(23-29-11)12-9-7-6-8-10-12)16(25)22-20(4)18(28)24-15(17(26)27)19(2,3)30-21(20,24)5/h6-10,15H,1-5H3,(H,22,25)(H,26,27)/t15-,20+,21+/m0/s1. The number of amides is 2. The molecule has 2 aromatic rings. The Morgan fingerprint density at radius 1 is 1.20 bits per heavy atom. The Kier molecular flexibility index (Phi) is 4.33. The molecule has 30 heavy (non-hydrogen) atoms. The zero-order valence-corrected chi connectivity index (χ0v) is 18.2. The Morgan fingerprint density at radius 3 is 2.43 bits per heavy atom. The number of rotatable bonds is 4. The van der Waals surface area contributed by atoms with Crippen LogP contribution < -0.4 is 5.32 Å². The summed E-state index contributed by atoms with van der Waals surface area (Å²) < 4.78 is 4.56. The minimum Gasteiger partial charge on any atom is -0.480 e. The van der Waals surface area contributed by atoms with E-state index in [0.29, 0.717) is 11.5 Å². The number of thioether (sulfide) groups is 1. The Balaban J connectivity index is 1.68. The summed E-state index contributed by atoms with van der Waals surface area (Å²) in [6.45, 7) is 8.67. The van der Waals surface area contributed by atoms with Gasteiger partial charge >= 0.3 is 5.97 Å². The molecular weight excluding hydrogens is 406 g/mol. The van der Waals surface area contributed by atoms with Crippen molar-refractivity contribution in [2.24, 2.45) is 0 Å². The number of carbonyl (C=O) groups excluding carboxylic acids is 2. The maximum absolute atomic E-state index is 13.3. The van der Waals surface area contributed by atoms with Gasteiger partial charge < -0.3 is 19.8 Å². The molecule has 2 aliphatic heterocycles. The molecule has 3 heterocycles. The summed E-state index contributed by atoms with van der Waals surface area (Å²) in [5.74, 6) is -1.62. The van der Waals surface area contributed by atoms with Crippen molar-refractivity contribution >= 4 is 29.5 Å². The lowest BCUT2D eigenvalue weighted by Gasteiger charge is -2.58. The van der Waals surface area contributed by atoms with Crippen LogP contribution >= 0.6 is 11.8 Å². The molecule has 1 aromatic carbocycles. The zero-order valence-electron chi connectivity index (χ0n) is 17.3. The number of aliphatic carboxylic acids is 1. The molecule has 0 radical (unpaired) electrons. The van der Waals surface area contributed by atoms with Crippen LogP contribution in [0.4, 0.5) is 0 Å². The molecule has 2 aliphatic rings.